The number of nitrogens with one attached hydrogen (secondary N) is 1. The van der Waals surface area contributed by atoms with Crippen LogP contribution in [0.25, 0.3) is 0 Å². The van der Waals surface area contributed by atoms with Crippen LogP contribution in [0.15, 0.2) is 16.9 Å². The summed E-state index contributed by atoms with van der Waals surface area (Å²) in [6, 6.07) is 0. The fourth-order valence-electron chi connectivity index (χ4n) is 1.38. The molecule has 2 heterocycles. The summed E-state index contributed by atoms with van der Waals surface area (Å²) < 4.78 is 6.17. The fourth-order valence-corrected chi connectivity index (χ4v) is 1.59. The van der Waals surface area contributed by atoms with Gasteiger partial charge >= 0.3 is 0 Å². The van der Waals surface area contributed by atoms with Crippen molar-refractivity contribution in [3.63, 3.8) is 0 Å². The highest BCUT2D eigenvalue weighted by molar-refractivity contribution is 9.10. The van der Waals surface area contributed by atoms with E-state index in [0.717, 1.165) is 30.7 Å². The highest BCUT2D eigenvalue weighted by Crippen LogP contribution is 2.13. The Balaban J connectivity index is 1.82. The molecule has 1 saturated heterocycles. The Morgan fingerprint density at radius 1 is 1.50 bits per heavy atom. The summed E-state index contributed by atoms with van der Waals surface area (Å²) in [7, 11) is 0. The van der Waals surface area contributed by atoms with E-state index in [-0.39, 0.29) is 0 Å². The molecule has 1 unspecified atom stereocenters. The molecule has 0 spiro atoms. The van der Waals surface area contributed by atoms with Crippen LogP contribution in [0.1, 0.15) is 6.42 Å². The maximum Gasteiger partial charge on any atom is 0.222 e. The molecule has 76 valence electrons. The number of nitrogens with zero attached hydrogens (tertiary/aromatic N) is 2. The van der Waals surface area contributed by atoms with Crippen molar-refractivity contribution in [3.8, 4) is 0 Å². The van der Waals surface area contributed by atoms with Gasteiger partial charge in [-0.05, 0) is 22.4 Å². The van der Waals surface area contributed by atoms with Crippen LogP contribution < -0.4 is 5.32 Å². The van der Waals surface area contributed by atoms with E-state index in [4.69, 9.17) is 4.74 Å². The number of hydrogen-bond acceptors (Lipinski definition) is 4. The molecule has 1 aliphatic rings. The van der Waals surface area contributed by atoms with Crippen molar-refractivity contribution in [2.45, 2.75) is 6.42 Å². The summed E-state index contributed by atoms with van der Waals surface area (Å²) in [5.41, 5.74) is 0. The minimum atomic E-state index is 0.599. The molecule has 0 radical (unpaired) electrons. The Kier molecular flexibility index (Phi) is 3.31. The van der Waals surface area contributed by atoms with E-state index in [2.05, 4.69) is 31.2 Å². The molecule has 1 N–H and O–H groups in total. The Hall–Kier alpha value is -0.680. The molecule has 5 heteroatoms. The van der Waals surface area contributed by atoms with E-state index in [1.165, 1.54) is 0 Å². The second-order valence-corrected chi connectivity index (χ2v) is 4.25. The van der Waals surface area contributed by atoms with Gasteiger partial charge in [0.1, 0.15) is 0 Å². The van der Waals surface area contributed by atoms with E-state index >= 15 is 0 Å². The van der Waals surface area contributed by atoms with Gasteiger partial charge in [0.05, 0.1) is 11.1 Å². The van der Waals surface area contributed by atoms with Gasteiger partial charge in [-0.2, -0.15) is 0 Å². The zero-order valence-corrected chi connectivity index (χ0v) is 9.33. The maximum atomic E-state index is 5.28. The van der Waals surface area contributed by atoms with Crippen LogP contribution in [0, 0.1) is 5.92 Å². The average molecular weight is 258 g/mol. The molecule has 0 aromatic carbocycles. The number of aromatic nitrogens is 2. The first-order valence-electron chi connectivity index (χ1n) is 4.64. The third kappa shape index (κ3) is 2.65. The second-order valence-electron chi connectivity index (χ2n) is 3.34. The molecular formula is C9H12BrN3O. The Morgan fingerprint density at radius 2 is 2.29 bits per heavy atom. The first-order valence-corrected chi connectivity index (χ1v) is 5.43. The van der Waals surface area contributed by atoms with Crippen LogP contribution in [0.4, 0.5) is 5.95 Å². The van der Waals surface area contributed by atoms with Gasteiger partial charge in [0.2, 0.25) is 5.95 Å². The summed E-state index contributed by atoms with van der Waals surface area (Å²) in [6.07, 6.45) is 4.60. The van der Waals surface area contributed by atoms with Crippen LogP contribution >= 0.6 is 15.9 Å². The lowest BCUT2D eigenvalue weighted by Gasteiger charge is -2.08. The highest BCUT2D eigenvalue weighted by Gasteiger charge is 2.15. The monoisotopic (exact) mass is 257 g/mol. The largest absolute Gasteiger partial charge is 0.381 e. The molecule has 0 bridgehead atoms. The van der Waals surface area contributed by atoms with Crippen LogP contribution in [0.2, 0.25) is 0 Å². The third-order valence-corrected chi connectivity index (χ3v) is 2.60. The van der Waals surface area contributed by atoms with Gasteiger partial charge < -0.3 is 10.1 Å². The second kappa shape index (κ2) is 4.70. The van der Waals surface area contributed by atoms with Crippen molar-refractivity contribution in [2.75, 3.05) is 25.1 Å². The van der Waals surface area contributed by atoms with Crippen molar-refractivity contribution in [1.29, 1.82) is 0 Å². The fraction of sp³-hybridized carbons (Fsp3) is 0.556. The first-order chi connectivity index (χ1) is 6.84. The van der Waals surface area contributed by atoms with Gasteiger partial charge in [-0.3, -0.25) is 0 Å². The predicted molar refractivity (Wildman–Crippen MR) is 57.1 cm³/mol. The molecule has 0 amide bonds. The molecular weight excluding hydrogens is 246 g/mol. The van der Waals surface area contributed by atoms with Gasteiger partial charge in [-0.25, -0.2) is 9.97 Å². The van der Waals surface area contributed by atoms with Crippen molar-refractivity contribution >= 4 is 21.9 Å². The molecule has 14 heavy (non-hydrogen) atoms. The van der Waals surface area contributed by atoms with Crippen molar-refractivity contribution < 1.29 is 4.74 Å². The lowest BCUT2D eigenvalue weighted by molar-refractivity contribution is 0.187. The summed E-state index contributed by atoms with van der Waals surface area (Å²) in [6.45, 7) is 2.62. The summed E-state index contributed by atoms with van der Waals surface area (Å²) >= 11 is 3.29. The van der Waals surface area contributed by atoms with Crippen LogP contribution in [0.5, 0.6) is 0 Å². The number of ether oxygens (including phenoxy) is 1. The molecule has 1 aliphatic heterocycles. The van der Waals surface area contributed by atoms with Crippen LogP contribution in [-0.4, -0.2) is 29.7 Å². The number of hydrogen-bond donors (Lipinski definition) is 1. The van der Waals surface area contributed by atoms with Gasteiger partial charge in [0.25, 0.3) is 0 Å². The number of halogens is 1. The molecule has 0 saturated carbocycles. The van der Waals surface area contributed by atoms with E-state index < -0.39 is 0 Å². The maximum absolute atomic E-state index is 5.28. The zero-order valence-electron chi connectivity index (χ0n) is 7.74. The Bertz CT molecular complexity index is 285. The topological polar surface area (TPSA) is 47.0 Å². The molecule has 4 nitrogen and oxygen atoms in total. The predicted octanol–water partition coefficient (Wildman–Crippen LogP) is 1.69. The van der Waals surface area contributed by atoms with Gasteiger partial charge in [-0.1, -0.05) is 0 Å². The smallest absolute Gasteiger partial charge is 0.222 e. The number of anilines is 1. The quantitative estimate of drug-likeness (QED) is 0.896. The molecule has 1 atom stereocenters. The molecule has 2 rings (SSSR count). The Morgan fingerprint density at radius 3 is 2.93 bits per heavy atom. The van der Waals surface area contributed by atoms with Crippen molar-refractivity contribution in [3.05, 3.63) is 16.9 Å². The lowest BCUT2D eigenvalue weighted by atomic mass is 10.1. The zero-order chi connectivity index (χ0) is 9.80. The molecule has 1 aromatic heterocycles. The minimum absolute atomic E-state index is 0.599. The molecule has 1 aromatic rings. The summed E-state index contributed by atoms with van der Waals surface area (Å²) in [5, 5.41) is 3.19. The normalized spacial score (nSPS) is 21.1. The first kappa shape index (κ1) is 9.86. The van der Waals surface area contributed by atoms with Crippen molar-refractivity contribution in [2.24, 2.45) is 5.92 Å². The van der Waals surface area contributed by atoms with Crippen LogP contribution in [-0.2, 0) is 4.74 Å². The SMILES string of the molecule is Brc1cnc(NCC2CCOC2)nc1. The van der Waals surface area contributed by atoms with E-state index in [9.17, 15) is 0 Å². The van der Waals surface area contributed by atoms with Crippen LogP contribution in [0.3, 0.4) is 0 Å². The number of rotatable bonds is 3. The average Bonchev–Trinajstić information content (AvgIpc) is 2.70. The van der Waals surface area contributed by atoms with Gasteiger partial charge in [0, 0.05) is 31.5 Å². The van der Waals surface area contributed by atoms with Gasteiger partial charge in [-0.15, -0.1) is 0 Å². The van der Waals surface area contributed by atoms with Gasteiger partial charge in [0.15, 0.2) is 0 Å². The summed E-state index contributed by atoms with van der Waals surface area (Å²) in [5.74, 6) is 1.28. The minimum Gasteiger partial charge on any atom is -0.381 e. The highest BCUT2D eigenvalue weighted by atomic mass is 79.9. The van der Waals surface area contributed by atoms with E-state index in [1.807, 2.05) is 0 Å². The van der Waals surface area contributed by atoms with E-state index in [0.29, 0.717) is 11.9 Å². The Labute approximate surface area is 91.2 Å². The third-order valence-electron chi connectivity index (χ3n) is 2.19. The molecule has 1 fully saturated rings. The molecule has 0 aliphatic carbocycles. The lowest BCUT2D eigenvalue weighted by Crippen LogP contribution is -2.15. The summed E-state index contributed by atoms with van der Waals surface area (Å²) in [4.78, 5) is 8.26. The van der Waals surface area contributed by atoms with E-state index in [1.54, 1.807) is 12.4 Å². The van der Waals surface area contributed by atoms with Crippen molar-refractivity contribution in [1.82, 2.24) is 9.97 Å². The standard InChI is InChI=1S/C9H12BrN3O/c10-8-4-12-9(13-5-8)11-3-7-1-2-14-6-7/h4-5,7H,1-3,6H2,(H,11,12,13).